The molecule has 0 bridgehead atoms. The summed E-state index contributed by atoms with van der Waals surface area (Å²) in [6, 6.07) is 0. The zero-order valence-corrected chi connectivity index (χ0v) is 11.8. The molecule has 0 spiro atoms. The molecule has 19 heavy (non-hydrogen) atoms. The smallest absolute Gasteiger partial charge is 0.253 e. The second kappa shape index (κ2) is 5.75. The summed E-state index contributed by atoms with van der Waals surface area (Å²) >= 11 is 0. The number of carbonyl (C=O) groups excluding carboxylic acids is 1. The van der Waals surface area contributed by atoms with Gasteiger partial charge in [-0.25, -0.2) is 0 Å². The van der Waals surface area contributed by atoms with E-state index in [-0.39, 0.29) is 5.91 Å². The number of ether oxygens (including phenoxy) is 2. The van der Waals surface area contributed by atoms with Gasteiger partial charge in [0, 0.05) is 52.7 Å². The summed E-state index contributed by atoms with van der Waals surface area (Å²) in [5, 5.41) is 13.2. The van der Waals surface area contributed by atoms with Crippen molar-refractivity contribution in [2.75, 3.05) is 46.5 Å². The van der Waals surface area contributed by atoms with Crippen LogP contribution in [0.1, 0.15) is 19.8 Å². The fourth-order valence-corrected chi connectivity index (χ4v) is 2.81. The van der Waals surface area contributed by atoms with E-state index in [1.807, 2.05) is 0 Å². The molecule has 1 atom stereocenters. The molecule has 0 saturated carbocycles. The SMILES string of the molecule is CNC(=O)[C@@]1(C)CN(CC2(O)CCOCC2)CCO1. The first-order valence-electron chi connectivity index (χ1n) is 6.86. The maximum absolute atomic E-state index is 11.9. The van der Waals surface area contributed by atoms with E-state index in [0.29, 0.717) is 45.8 Å². The number of β-amino-alcohol motifs (C(OH)–C–C–N with tert-alkyl or cyclic N) is 1. The normalized spacial score (nSPS) is 31.9. The van der Waals surface area contributed by atoms with Gasteiger partial charge in [0.15, 0.2) is 5.60 Å². The molecule has 0 aromatic rings. The van der Waals surface area contributed by atoms with E-state index in [4.69, 9.17) is 9.47 Å². The van der Waals surface area contributed by atoms with Crippen LogP contribution in [0.15, 0.2) is 0 Å². The lowest BCUT2D eigenvalue weighted by molar-refractivity contribution is -0.162. The molecule has 2 fully saturated rings. The Balaban J connectivity index is 1.95. The second-order valence-electron chi connectivity index (χ2n) is 5.71. The van der Waals surface area contributed by atoms with E-state index < -0.39 is 11.2 Å². The van der Waals surface area contributed by atoms with Crippen LogP contribution in [-0.4, -0.2) is 73.6 Å². The van der Waals surface area contributed by atoms with Gasteiger partial charge in [0.25, 0.3) is 5.91 Å². The third kappa shape index (κ3) is 3.45. The van der Waals surface area contributed by atoms with Crippen LogP contribution < -0.4 is 5.32 Å². The van der Waals surface area contributed by atoms with Gasteiger partial charge in [0.2, 0.25) is 0 Å². The number of nitrogens with zero attached hydrogens (tertiary/aromatic N) is 1. The number of carbonyl (C=O) groups is 1. The van der Waals surface area contributed by atoms with Crippen LogP contribution in [0.5, 0.6) is 0 Å². The largest absolute Gasteiger partial charge is 0.388 e. The molecule has 0 aliphatic carbocycles. The zero-order chi connectivity index (χ0) is 13.9. The summed E-state index contributed by atoms with van der Waals surface area (Å²) in [4.78, 5) is 14.0. The predicted octanol–water partition coefficient (Wildman–Crippen LogP) is -0.635. The quantitative estimate of drug-likeness (QED) is 0.715. The van der Waals surface area contributed by atoms with E-state index in [1.54, 1.807) is 14.0 Å². The third-order valence-electron chi connectivity index (χ3n) is 4.00. The highest BCUT2D eigenvalue weighted by Crippen LogP contribution is 2.25. The molecule has 0 aromatic heterocycles. The first kappa shape index (κ1) is 14.7. The Kier molecular flexibility index (Phi) is 4.45. The summed E-state index contributed by atoms with van der Waals surface area (Å²) in [5.41, 5.74) is -1.52. The van der Waals surface area contributed by atoms with Gasteiger partial charge in [-0.2, -0.15) is 0 Å². The molecule has 2 saturated heterocycles. The lowest BCUT2D eigenvalue weighted by Gasteiger charge is -2.43. The Morgan fingerprint density at radius 2 is 2.05 bits per heavy atom. The fraction of sp³-hybridized carbons (Fsp3) is 0.923. The molecule has 110 valence electrons. The summed E-state index contributed by atoms with van der Waals surface area (Å²) in [6.07, 6.45) is 1.31. The van der Waals surface area contributed by atoms with Crippen LogP contribution in [0.25, 0.3) is 0 Å². The lowest BCUT2D eigenvalue weighted by Crippen LogP contribution is -2.60. The van der Waals surface area contributed by atoms with Crippen molar-refractivity contribution in [2.45, 2.75) is 31.0 Å². The van der Waals surface area contributed by atoms with Crippen molar-refractivity contribution in [3.8, 4) is 0 Å². The minimum atomic E-state index is -0.825. The maximum Gasteiger partial charge on any atom is 0.253 e. The standard InChI is InChI=1S/C13H24N2O4/c1-12(11(16)14-2)9-15(5-8-19-12)10-13(17)3-6-18-7-4-13/h17H,3-10H2,1-2H3,(H,14,16)/t12-/m1/s1. The van der Waals surface area contributed by atoms with Crippen molar-refractivity contribution in [1.29, 1.82) is 0 Å². The lowest BCUT2D eigenvalue weighted by atomic mass is 9.92. The summed E-state index contributed by atoms with van der Waals surface area (Å²) in [5.74, 6) is -0.115. The van der Waals surface area contributed by atoms with E-state index >= 15 is 0 Å². The Bertz CT molecular complexity index is 331. The molecule has 0 unspecified atom stereocenters. The highest BCUT2D eigenvalue weighted by molar-refractivity contribution is 5.84. The summed E-state index contributed by atoms with van der Waals surface area (Å²) in [6.45, 7) is 5.35. The number of nitrogens with one attached hydrogen (secondary N) is 1. The first-order chi connectivity index (χ1) is 8.97. The molecular weight excluding hydrogens is 248 g/mol. The van der Waals surface area contributed by atoms with Crippen LogP contribution in [0.4, 0.5) is 0 Å². The second-order valence-corrected chi connectivity index (χ2v) is 5.71. The molecule has 1 amide bonds. The van der Waals surface area contributed by atoms with Crippen LogP contribution in [0.3, 0.4) is 0 Å². The Labute approximate surface area is 114 Å². The summed E-state index contributed by atoms with van der Waals surface area (Å²) < 4.78 is 10.9. The minimum Gasteiger partial charge on any atom is -0.388 e. The van der Waals surface area contributed by atoms with Crippen molar-refractivity contribution in [3.63, 3.8) is 0 Å². The Morgan fingerprint density at radius 1 is 1.37 bits per heavy atom. The number of likely N-dealkylation sites (N-methyl/N-ethyl adjacent to an activating group) is 1. The van der Waals surface area contributed by atoms with Crippen molar-refractivity contribution < 1.29 is 19.4 Å². The van der Waals surface area contributed by atoms with Crippen molar-refractivity contribution in [1.82, 2.24) is 10.2 Å². The Hall–Kier alpha value is -0.690. The van der Waals surface area contributed by atoms with Crippen molar-refractivity contribution in [3.05, 3.63) is 0 Å². The van der Waals surface area contributed by atoms with Gasteiger partial charge in [0.05, 0.1) is 12.2 Å². The van der Waals surface area contributed by atoms with E-state index in [1.165, 1.54) is 0 Å². The van der Waals surface area contributed by atoms with Gasteiger partial charge in [-0.1, -0.05) is 0 Å². The van der Waals surface area contributed by atoms with Gasteiger partial charge < -0.3 is 19.9 Å². The fourth-order valence-electron chi connectivity index (χ4n) is 2.81. The molecule has 2 aliphatic heterocycles. The van der Waals surface area contributed by atoms with Crippen LogP contribution >= 0.6 is 0 Å². The molecule has 0 radical (unpaired) electrons. The molecular formula is C13H24N2O4. The highest BCUT2D eigenvalue weighted by Gasteiger charge is 2.41. The van der Waals surface area contributed by atoms with E-state index in [2.05, 4.69) is 10.2 Å². The number of aliphatic hydroxyl groups is 1. The zero-order valence-electron chi connectivity index (χ0n) is 11.8. The van der Waals surface area contributed by atoms with E-state index in [9.17, 15) is 9.90 Å². The molecule has 2 heterocycles. The maximum atomic E-state index is 11.9. The van der Waals surface area contributed by atoms with Crippen LogP contribution in [0, 0.1) is 0 Å². The van der Waals surface area contributed by atoms with Gasteiger partial charge in [-0.15, -0.1) is 0 Å². The molecule has 2 aliphatic rings. The van der Waals surface area contributed by atoms with Gasteiger partial charge in [0.1, 0.15) is 0 Å². The molecule has 2 rings (SSSR count). The topological polar surface area (TPSA) is 71.0 Å². The van der Waals surface area contributed by atoms with Gasteiger partial charge in [-0.3, -0.25) is 9.69 Å². The predicted molar refractivity (Wildman–Crippen MR) is 69.9 cm³/mol. The molecule has 2 N–H and O–H groups in total. The number of hydrogen-bond acceptors (Lipinski definition) is 5. The van der Waals surface area contributed by atoms with Gasteiger partial charge in [-0.05, 0) is 6.92 Å². The Morgan fingerprint density at radius 3 is 2.68 bits per heavy atom. The number of morpholine rings is 1. The van der Waals surface area contributed by atoms with Gasteiger partial charge >= 0.3 is 0 Å². The first-order valence-corrected chi connectivity index (χ1v) is 6.86. The average molecular weight is 272 g/mol. The molecule has 6 heteroatoms. The number of amides is 1. The number of rotatable bonds is 3. The van der Waals surface area contributed by atoms with Crippen molar-refractivity contribution >= 4 is 5.91 Å². The number of hydrogen-bond donors (Lipinski definition) is 2. The monoisotopic (exact) mass is 272 g/mol. The van der Waals surface area contributed by atoms with Crippen molar-refractivity contribution in [2.24, 2.45) is 0 Å². The van der Waals surface area contributed by atoms with Crippen LogP contribution in [-0.2, 0) is 14.3 Å². The third-order valence-corrected chi connectivity index (χ3v) is 4.00. The molecule has 6 nitrogen and oxygen atoms in total. The highest BCUT2D eigenvalue weighted by atomic mass is 16.5. The van der Waals surface area contributed by atoms with Crippen LogP contribution in [0.2, 0.25) is 0 Å². The average Bonchev–Trinajstić information content (AvgIpc) is 2.38. The summed E-state index contributed by atoms with van der Waals surface area (Å²) in [7, 11) is 1.61. The molecule has 0 aromatic carbocycles. The van der Waals surface area contributed by atoms with E-state index in [0.717, 1.165) is 6.54 Å². The minimum absolute atomic E-state index is 0.115.